The van der Waals surface area contributed by atoms with Crippen molar-refractivity contribution in [3.8, 4) is 0 Å². The van der Waals surface area contributed by atoms with E-state index in [-0.39, 0.29) is 4.57 Å². The van der Waals surface area contributed by atoms with Gasteiger partial charge in [0.25, 0.3) is 0 Å². The van der Waals surface area contributed by atoms with Crippen molar-refractivity contribution in [1.82, 2.24) is 9.13 Å². The average molecular weight is 369 g/mol. The zero-order valence-corrected chi connectivity index (χ0v) is 14.2. The number of carbonyl (C=O) groups is 1. The third-order valence-corrected chi connectivity index (χ3v) is 3.66. The summed E-state index contributed by atoms with van der Waals surface area (Å²) in [5.74, 6) is -0.237. The summed E-state index contributed by atoms with van der Waals surface area (Å²) >= 11 is 0. The molecule has 1 heterocycles. The van der Waals surface area contributed by atoms with Crippen LogP contribution in [0.25, 0.3) is 0 Å². The second-order valence-corrected chi connectivity index (χ2v) is 6.10. The Morgan fingerprint density at radius 2 is 1.58 bits per heavy atom. The molecule has 0 fully saturated rings. The fourth-order valence-electron chi connectivity index (χ4n) is 2.29. The third kappa shape index (κ3) is 5.08. The second kappa shape index (κ2) is 7.59. The smallest absolute Gasteiger partial charge is 0.325 e. The van der Waals surface area contributed by atoms with Gasteiger partial charge < -0.3 is 9.88 Å². The summed E-state index contributed by atoms with van der Waals surface area (Å²) in [5.41, 5.74) is -0.925. The summed E-state index contributed by atoms with van der Waals surface area (Å²) in [7, 11) is 0. The summed E-state index contributed by atoms with van der Waals surface area (Å²) in [4.78, 5) is 35.6. The monoisotopic (exact) mass is 369 g/mol. The molecule has 1 aromatic carbocycles. The van der Waals surface area contributed by atoms with E-state index in [9.17, 15) is 27.6 Å². The van der Waals surface area contributed by atoms with Gasteiger partial charge >= 0.3 is 17.3 Å². The van der Waals surface area contributed by atoms with E-state index in [0.717, 1.165) is 22.5 Å². The van der Waals surface area contributed by atoms with Gasteiger partial charge in [0.2, 0.25) is 5.91 Å². The van der Waals surface area contributed by atoms with Crippen LogP contribution in [0.15, 0.2) is 46.2 Å². The van der Waals surface area contributed by atoms with Crippen molar-refractivity contribution < 1.29 is 18.0 Å². The lowest BCUT2D eigenvalue weighted by Crippen LogP contribution is -2.43. The van der Waals surface area contributed by atoms with Crippen LogP contribution in [0.4, 0.5) is 18.9 Å². The Morgan fingerprint density at radius 1 is 1.04 bits per heavy atom. The van der Waals surface area contributed by atoms with Crippen LogP contribution < -0.4 is 16.4 Å². The quantitative estimate of drug-likeness (QED) is 0.823. The van der Waals surface area contributed by atoms with Gasteiger partial charge in [0.15, 0.2) is 0 Å². The van der Waals surface area contributed by atoms with Crippen LogP contribution >= 0.6 is 0 Å². The minimum absolute atomic E-state index is 0.265. The largest absolute Gasteiger partial charge is 0.406 e. The van der Waals surface area contributed by atoms with Crippen LogP contribution in [0.5, 0.6) is 0 Å². The Hall–Kier alpha value is -2.84. The average Bonchev–Trinajstić information content (AvgIpc) is 2.54. The Kier molecular flexibility index (Phi) is 5.69. The lowest BCUT2D eigenvalue weighted by Gasteiger charge is -2.11. The number of rotatable bonds is 5. The number of nitrogens with zero attached hydrogens (tertiary/aromatic N) is 2. The predicted molar refractivity (Wildman–Crippen MR) is 90.2 cm³/mol. The highest BCUT2D eigenvalue weighted by Gasteiger charge is 2.28. The lowest BCUT2D eigenvalue weighted by molar-refractivity contribution is -0.141. The standard InChI is InChI=1S/C17H18F3N3O3/c1-11(2)12-3-5-13(6-4-12)21-14(24)9-22-7-8-23(10-17(18,19)20)16(26)15(22)25/h3-8,11H,9-10H2,1-2H3,(H,21,24). The number of nitrogens with one attached hydrogen (secondary N) is 1. The molecule has 6 nitrogen and oxygen atoms in total. The fourth-order valence-corrected chi connectivity index (χ4v) is 2.29. The van der Waals surface area contributed by atoms with Gasteiger partial charge in [-0.25, -0.2) is 0 Å². The van der Waals surface area contributed by atoms with Crippen LogP contribution in [0.2, 0.25) is 0 Å². The topological polar surface area (TPSA) is 73.1 Å². The predicted octanol–water partition coefficient (Wildman–Crippen LogP) is 2.33. The van der Waals surface area contributed by atoms with Crippen LogP contribution in [0.1, 0.15) is 25.3 Å². The molecule has 0 aliphatic carbocycles. The maximum Gasteiger partial charge on any atom is 0.406 e. The highest BCUT2D eigenvalue weighted by Crippen LogP contribution is 2.17. The van der Waals surface area contributed by atoms with Gasteiger partial charge in [-0.3, -0.25) is 19.0 Å². The van der Waals surface area contributed by atoms with Crippen molar-refractivity contribution in [2.75, 3.05) is 5.32 Å². The molecule has 0 spiro atoms. The Labute approximate surface area is 146 Å². The van der Waals surface area contributed by atoms with Gasteiger partial charge in [0, 0.05) is 18.1 Å². The molecule has 0 aliphatic rings. The molecule has 1 aromatic heterocycles. The number of aromatic nitrogens is 2. The van der Waals surface area contributed by atoms with Crippen LogP contribution in [-0.4, -0.2) is 21.2 Å². The van der Waals surface area contributed by atoms with E-state index in [4.69, 9.17) is 0 Å². The molecule has 1 amide bonds. The molecule has 0 unspecified atom stereocenters. The number of benzene rings is 1. The lowest BCUT2D eigenvalue weighted by atomic mass is 10.0. The number of carbonyl (C=O) groups excluding carboxylic acids is 1. The minimum atomic E-state index is -4.62. The molecule has 0 radical (unpaired) electrons. The van der Waals surface area contributed by atoms with E-state index >= 15 is 0 Å². The first-order valence-corrected chi connectivity index (χ1v) is 7.83. The summed E-state index contributed by atoms with van der Waals surface area (Å²) in [6, 6.07) is 7.12. The molecule has 0 aliphatic heterocycles. The van der Waals surface area contributed by atoms with Crippen LogP contribution in [-0.2, 0) is 17.9 Å². The highest BCUT2D eigenvalue weighted by atomic mass is 19.4. The maximum absolute atomic E-state index is 12.4. The van der Waals surface area contributed by atoms with Crippen molar-refractivity contribution >= 4 is 11.6 Å². The number of anilines is 1. The van der Waals surface area contributed by atoms with E-state index in [1.807, 2.05) is 26.0 Å². The molecule has 0 saturated heterocycles. The van der Waals surface area contributed by atoms with Crippen molar-refractivity contribution in [2.24, 2.45) is 0 Å². The molecule has 0 atom stereocenters. The number of halogens is 3. The molecular formula is C17H18F3N3O3. The zero-order chi connectivity index (χ0) is 19.5. The summed E-state index contributed by atoms with van der Waals surface area (Å²) in [5, 5.41) is 2.57. The minimum Gasteiger partial charge on any atom is -0.325 e. The number of hydrogen-bond acceptors (Lipinski definition) is 3. The molecular weight excluding hydrogens is 351 g/mol. The molecule has 26 heavy (non-hydrogen) atoms. The van der Waals surface area contributed by atoms with Crippen molar-refractivity contribution in [2.45, 2.75) is 39.0 Å². The SMILES string of the molecule is CC(C)c1ccc(NC(=O)Cn2ccn(CC(F)(F)F)c(=O)c2=O)cc1. The van der Waals surface area contributed by atoms with E-state index in [1.165, 1.54) is 0 Å². The van der Waals surface area contributed by atoms with Crippen LogP contribution in [0.3, 0.4) is 0 Å². The van der Waals surface area contributed by atoms with Gasteiger partial charge in [-0.2, -0.15) is 13.2 Å². The zero-order valence-electron chi connectivity index (χ0n) is 14.2. The normalized spacial score (nSPS) is 11.6. The van der Waals surface area contributed by atoms with Crippen molar-refractivity contribution in [3.05, 3.63) is 62.9 Å². The Morgan fingerprint density at radius 3 is 2.12 bits per heavy atom. The number of alkyl halides is 3. The Bertz CT molecular complexity index is 896. The molecule has 1 N–H and O–H groups in total. The first-order valence-electron chi connectivity index (χ1n) is 7.83. The highest BCUT2D eigenvalue weighted by molar-refractivity contribution is 5.90. The fraction of sp³-hybridized carbons (Fsp3) is 0.353. The van der Waals surface area contributed by atoms with E-state index in [0.29, 0.717) is 11.6 Å². The molecule has 2 rings (SSSR count). The van der Waals surface area contributed by atoms with E-state index < -0.39 is 36.3 Å². The van der Waals surface area contributed by atoms with Gasteiger partial charge in [-0.15, -0.1) is 0 Å². The van der Waals surface area contributed by atoms with Gasteiger partial charge in [0.1, 0.15) is 13.1 Å². The number of amides is 1. The first kappa shape index (κ1) is 19.5. The molecule has 0 bridgehead atoms. The number of hydrogen-bond donors (Lipinski definition) is 1. The van der Waals surface area contributed by atoms with Crippen molar-refractivity contribution in [3.63, 3.8) is 0 Å². The van der Waals surface area contributed by atoms with E-state index in [1.54, 1.807) is 12.1 Å². The summed E-state index contributed by atoms with van der Waals surface area (Å²) < 4.78 is 38.1. The van der Waals surface area contributed by atoms with Crippen molar-refractivity contribution in [1.29, 1.82) is 0 Å². The van der Waals surface area contributed by atoms with E-state index in [2.05, 4.69) is 5.32 Å². The van der Waals surface area contributed by atoms with Gasteiger partial charge in [-0.1, -0.05) is 26.0 Å². The summed E-state index contributed by atoms with van der Waals surface area (Å²) in [6.45, 7) is 2.02. The molecule has 2 aromatic rings. The third-order valence-electron chi connectivity index (χ3n) is 3.66. The summed E-state index contributed by atoms with van der Waals surface area (Å²) in [6.07, 6.45) is -2.80. The van der Waals surface area contributed by atoms with Gasteiger partial charge in [-0.05, 0) is 23.6 Å². The van der Waals surface area contributed by atoms with Crippen LogP contribution in [0, 0.1) is 0 Å². The molecule has 9 heteroatoms. The molecule has 140 valence electrons. The Balaban J connectivity index is 2.10. The maximum atomic E-state index is 12.4. The van der Waals surface area contributed by atoms with Gasteiger partial charge in [0.05, 0.1) is 0 Å². The second-order valence-electron chi connectivity index (χ2n) is 6.10. The molecule has 0 saturated carbocycles. The first-order chi connectivity index (χ1) is 12.1.